The summed E-state index contributed by atoms with van der Waals surface area (Å²) in [6.07, 6.45) is -0.163. The van der Waals surface area contributed by atoms with Crippen molar-refractivity contribution in [3.8, 4) is 0 Å². The van der Waals surface area contributed by atoms with E-state index in [2.05, 4.69) is 0 Å². The molecule has 0 aromatic carbocycles. The minimum absolute atomic E-state index is 0.0637. The summed E-state index contributed by atoms with van der Waals surface area (Å²) in [4.78, 5) is 0. The van der Waals surface area contributed by atoms with E-state index in [1.165, 1.54) is 0 Å². The normalized spacial score (nSPS) is 59.7. The molecule has 58 valence electrons. The summed E-state index contributed by atoms with van der Waals surface area (Å²) in [5.74, 6) is 0.179. The first-order valence-electron chi connectivity index (χ1n) is 3.71. The Morgan fingerprint density at radius 3 is 2.70 bits per heavy atom. The number of epoxide rings is 1. The zero-order chi connectivity index (χ0) is 7.30. The highest BCUT2D eigenvalue weighted by atomic mass is 16.6. The molecule has 10 heavy (non-hydrogen) atoms. The molecule has 0 aromatic heterocycles. The van der Waals surface area contributed by atoms with Crippen molar-refractivity contribution >= 4 is 0 Å². The molecule has 2 aliphatic rings. The van der Waals surface area contributed by atoms with E-state index in [9.17, 15) is 10.2 Å². The van der Waals surface area contributed by atoms with Crippen LogP contribution in [0.3, 0.4) is 0 Å². The van der Waals surface area contributed by atoms with Crippen LogP contribution < -0.4 is 0 Å². The summed E-state index contributed by atoms with van der Waals surface area (Å²) >= 11 is 0. The Morgan fingerprint density at radius 1 is 1.30 bits per heavy atom. The van der Waals surface area contributed by atoms with Gasteiger partial charge in [0.1, 0.15) is 12.2 Å². The van der Waals surface area contributed by atoms with Crippen LogP contribution in [0.5, 0.6) is 0 Å². The van der Waals surface area contributed by atoms with Gasteiger partial charge >= 0.3 is 0 Å². The van der Waals surface area contributed by atoms with E-state index in [1.54, 1.807) is 0 Å². The summed E-state index contributed by atoms with van der Waals surface area (Å²) in [6, 6.07) is 0. The lowest BCUT2D eigenvalue weighted by Crippen LogP contribution is -2.37. The Balaban J connectivity index is 2.05. The topological polar surface area (TPSA) is 53.0 Å². The highest BCUT2D eigenvalue weighted by Crippen LogP contribution is 2.39. The highest BCUT2D eigenvalue weighted by Gasteiger charge is 2.54. The lowest BCUT2D eigenvalue weighted by Gasteiger charge is -2.23. The van der Waals surface area contributed by atoms with Gasteiger partial charge in [0.05, 0.1) is 12.2 Å². The number of aliphatic hydroxyl groups is 2. The molecule has 1 saturated heterocycles. The molecular formula is C7H12O3. The second-order valence-corrected chi connectivity index (χ2v) is 3.34. The van der Waals surface area contributed by atoms with Gasteiger partial charge in [0.25, 0.3) is 0 Å². The maximum absolute atomic E-state index is 9.37. The van der Waals surface area contributed by atoms with Crippen LogP contribution in [0.15, 0.2) is 0 Å². The van der Waals surface area contributed by atoms with Crippen molar-refractivity contribution in [3.05, 3.63) is 0 Å². The lowest BCUT2D eigenvalue weighted by molar-refractivity contribution is 0.0378. The quantitative estimate of drug-likeness (QED) is 0.451. The van der Waals surface area contributed by atoms with E-state index in [-0.39, 0.29) is 30.3 Å². The SMILES string of the molecule is C[C@@H]1C[C@@H](O)[C@H]2O[C@H]2[C@@H]1O. The number of hydrogen-bond acceptors (Lipinski definition) is 3. The number of hydrogen-bond donors (Lipinski definition) is 2. The Hall–Kier alpha value is -0.120. The van der Waals surface area contributed by atoms with Gasteiger partial charge in [-0.3, -0.25) is 0 Å². The lowest BCUT2D eigenvalue weighted by atomic mass is 9.86. The Labute approximate surface area is 59.6 Å². The molecule has 0 radical (unpaired) electrons. The van der Waals surface area contributed by atoms with Crippen molar-refractivity contribution in [2.75, 3.05) is 0 Å². The molecule has 0 aromatic rings. The van der Waals surface area contributed by atoms with Crippen LogP contribution in [-0.2, 0) is 4.74 Å². The van der Waals surface area contributed by atoms with Crippen LogP contribution in [0.1, 0.15) is 13.3 Å². The molecular weight excluding hydrogens is 132 g/mol. The number of rotatable bonds is 0. The number of aliphatic hydroxyl groups excluding tert-OH is 2. The molecule has 3 nitrogen and oxygen atoms in total. The van der Waals surface area contributed by atoms with Gasteiger partial charge in [0.15, 0.2) is 0 Å². The monoisotopic (exact) mass is 144 g/mol. The average Bonchev–Trinajstić information content (AvgIpc) is 2.61. The standard InChI is InChI=1S/C7H12O3/c1-3-2-4(8)6-7(10-6)5(3)9/h3-9H,2H2,1H3/t3-,4-,5-,6-,7+/m1/s1. The average molecular weight is 144 g/mol. The Bertz CT molecular complexity index is 146. The third-order valence-electron chi connectivity index (χ3n) is 2.47. The van der Waals surface area contributed by atoms with E-state index >= 15 is 0 Å². The molecule has 2 fully saturated rings. The Morgan fingerprint density at radius 2 is 2.00 bits per heavy atom. The molecule has 1 aliphatic carbocycles. The van der Waals surface area contributed by atoms with Gasteiger partial charge in [-0.15, -0.1) is 0 Å². The zero-order valence-electron chi connectivity index (χ0n) is 5.90. The third-order valence-corrected chi connectivity index (χ3v) is 2.47. The maximum atomic E-state index is 9.37. The van der Waals surface area contributed by atoms with Crippen molar-refractivity contribution in [1.82, 2.24) is 0 Å². The summed E-state index contributed by atoms with van der Waals surface area (Å²) in [7, 11) is 0. The van der Waals surface area contributed by atoms with Gasteiger partial charge in [0.2, 0.25) is 0 Å². The molecule has 0 amide bonds. The highest BCUT2D eigenvalue weighted by molar-refractivity contribution is 5.02. The van der Waals surface area contributed by atoms with E-state index in [4.69, 9.17) is 4.74 Å². The van der Waals surface area contributed by atoms with E-state index < -0.39 is 0 Å². The van der Waals surface area contributed by atoms with Crippen molar-refractivity contribution in [2.24, 2.45) is 5.92 Å². The van der Waals surface area contributed by atoms with E-state index in [0.717, 1.165) is 0 Å². The first kappa shape index (κ1) is 6.58. The first-order valence-corrected chi connectivity index (χ1v) is 3.71. The minimum atomic E-state index is -0.353. The summed E-state index contributed by atoms with van der Waals surface area (Å²) in [5.41, 5.74) is 0. The molecule has 2 rings (SSSR count). The molecule has 3 heteroatoms. The molecule has 1 heterocycles. The second-order valence-electron chi connectivity index (χ2n) is 3.34. The largest absolute Gasteiger partial charge is 0.390 e. The van der Waals surface area contributed by atoms with Gasteiger partial charge in [-0.25, -0.2) is 0 Å². The zero-order valence-corrected chi connectivity index (χ0v) is 5.90. The van der Waals surface area contributed by atoms with Gasteiger partial charge in [0, 0.05) is 0 Å². The van der Waals surface area contributed by atoms with Gasteiger partial charge < -0.3 is 14.9 Å². The van der Waals surface area contributed by atoms with Crippen LogP contribution in [-0.4, -0.2) is 34.6 Å². The number of fused-ring (bicyclic) bond motifs is 1. The fourth-order valence-electron chi connectivity index (χ4n) is 1.70. The van der Waals surface area contributed by atoms with Gasteiger partial charge in [-0.2, -0.15) is 0 Å². The summed E-state index contributed by atoms with van der Waals surface area (Å²) in [5, 5.41) is 18.6. The molecule has 1 aliphatic heterocycles. The molecule has 5 atom stereocenters. The van der Waals surface area contributed by atoms with Gasteiger partial charge in [-0.1, -0.05) is 6.92 Å². The predicted octanol–water partition coefficient (Wildman–Crippen LogP) is -0.485. The number of ether oxygens (including phenoxy) is 1. The molecule has 0 spiro atoms. The maximum Gasteiger partial charge on any atom is 0.113 e. The van der Waals surface area contributed by atoms with Crippen LogP contribution in [0.2, 0.25) is 0 Å². The molecule has 0 bridgehead atoms. The second kappa shape index (κ2) is 1.94. The first-order chi connectivity index (χ1) is 4.70. The van der Waals surface area contributed by atoms with Crippen molar-refractivity contribution < 1.29 is 14.9 Å². The summed E-state index contributed by atoms with van der Waals surface area (Å²) < 4.78 is 5.07. The van der Waals surface area contributed by atoms with Gasteiger partial charge in [-0.05, 0) is 12.3 Å². The predicted molar refractivity (Wildman–Crippen MR) is 34.5 cm³/mol. The third kappa shape index (κ3) is 0.779. The van der Waals surface area contributed by atoms with E-state index in [0.29, 0.717) is 6.42 Å². The minimum Gasteiger partial charge on any atom is -0.390 e. The van der Waals surface area contributed by atoms with Crippen molar-refractivity contribution in [1.29, 1.82) is 0 Å². The van der Waals surface area contributed by atoms with Crippen LogP contribution in [0.4, 0.5) is 0 Å². The van der Waals surface area contributed by atoms with Crippen LogP contribution >= 0.6 is 0 Å². The molecule has 2 N–H and O–H groups in total. The van der Waals surface area contributed by atoms with Crippen LogP contribution in [0, 0.1) is 5.92 Å². The fraction of sp³-hybridized carbons (Fsp3) is 1.00. The Kier molecular flexibility index (Phi) is 1.27. The smallest absolute Gasteiger partial charge is 0.113 e. The molecule has 0 unspecified atom stereocenters. The fourth-order valence-corrected chi connectivity index (χ4v) is 1.70. The van der Waals surface area contributed by atoms with Crippen LogP contribution in [0.25, 0.3) is 0 Å². The van der Waals surface area contributed by atoms with Crippen molar-refractivity contribution in [2.45, 2.75) is 37.8 Å². The van der Waals surface area contributed by atoms with Crippen molar-refractivity contribution in [3.63, 3.8) is 0 Å². The summed E-state index contributed by atoms with van der Waals surface area (Å²) in [6.45, 7) is 1.94. The molecule has 1 saturated carbocycles. The van der Waals surface area contributed by atoms with E-state index in [1.807, 2.05) is 6.92 Å².